The molecule has 152 valence electrons. The van der Waals surface area contributed by atoms with Crippen molar-refractivity contribution in [3.63, 3.8) is 0 Å². The third-order valence-corrected chi connectivity index (χ3v) is 7.46. The van der Waals surface area contributed by atoms with Crippen LogP contribution in [-0.4, -0.2) is 63.4 Å². The number of hydrogen-bond acceptors (Lipinski definition) is 6. The number of likely N-dealkylation sites (N-methyl/N-ethyl adjacent to an activating group) is 1. The minimum absolute atomic E-state index is 0.138. The van der Waals surface area contributed by atoms with Gasteiger partial charge in [-0.15, -0.1) is 11.3 Å². The zero-order valence-electron chi connectivity index (χ0n) is 16.1. The minimum atomic E-state index is -3.53. The highest BCUT2D eigenvalue weighted by molar-refractivity contribution is 7.89. The molecule has 0 spiro atoms. The van der Waals surface area contributed by atoms with Gasteiger partial charge in [0, 0.05) is 30.2 Å². The van der Waals surface area contributed by atoms with E-state index in [1.165, 1.54) is 26.9 Å². The number of carbonyl (C=O) groups is 1. The molecule has 1 N–H and O–H groups in total. The van der Waals surface area contributed by atoms with Crippen molar-refractivity contribution in [2.24, 2.45) is 0 Å². The van der Waals surface area contributed by atoms with Gasteiger partial charge in [0.2, 0.25) is 15.9 Å². The van der Waals surface area contributed by atoms with Crippen molar-refractivity contribution in [3.8, 4) is 0 Å². The van der Waals surface area contributed by atoms with Crippen molar-refractivity contribution in [2.45, 2.75) is 18.4 Å². The predicted molar refractivity (Wildman–Crippen MR) is 110 cm³/mol. The Morgan fingerprint density at radius 1 is 1.21 bits per heavy atom. The number of amides is 1. The Morgan fingerprint density at radius 2 is 1.89 bits per heavy atom. The number of morpholine rings is 1. The molecule has 28 heavy (non-hydrogen) atoms. The third kappa shape index (κ3) is 5.18. The number of rotatable bonds is 7. The molecule has 1 aromatic heterocycles. The summed E-state index contributed by atoms with van der Waals surface area (Å²) in [5, 5.41) is 4.87. The molecule has 2 heterocycles. The van der Waals surface area contributed by atoms with Crippen LogP contribution in [-0.2, 0) is 26.1 Å². The SMILES string of the molecule is Cc1ccsc1CN(C)CC(=O)Nc1ccc(S(=O)(=O)N2CCOCC2)cc1. The Bertz CT molecular complexity index is 904. The Kier molecular flexibility index (Phi) is 6.84. The molecule has 1 amide bonds. The fourth-order valence-electron chi connectivity index (χ4n) is 2.96. The van der Waals surface area contributed by atoms with Crippen LogP contribution < -0.4 is 5.32 Å². The van der Waals surface area contributed by atoms with Crippen LogP contribution in [0, 0.1) is 6.92 Å². The Labute approximate surface area is 170 Å². The van der Waals surface area contributed by atoms with E-state index in [9.17, 15) is 13.2 Å². The average Bonchev–Trinajstić information content (AvgIpc) is 3.07. The first-order valence-electron chi connectivity index (χ1n) is 9.05. The molecule has 0 unspecified atom stereocenters. The van der Waals surface area contributed by atoms with Crippen molar-refractivity contribution in [2.75, 3.05) is 45.2 Å². The molecular formula is C19H25N3O4S2. The van der Waals surface area contributed by atoms with E-state index in [1.54, 1.807) is 23.5 Å². The summed E-state index contributed by atoms with van der Waals surface area (Å²) in [6.45, 7) is 4.57. The van der Waals surface area contributed by atoms with Crippen molar-refractivity contribution >= 4 is 33.0 Å². The number of aryl methyl sites for hydroxylation is 1. The zero-order chi connectivity index (χ0) is 20.1. The summed E-state index contributed by atoms with van der Waals surface area (Å²) in [5.74, 6) is -0.138. The van der Waals surface area contributed by atoms with E-state index in [-0.39, 0.29) is 17.3 Å². The fourth-order valence-corrected chi connectivity index (χ4v) is 5.35. The smallest absolute Gasteiger partial charge is 0.243 e. The summed E-state index contributed by atoms with van der Waals surface area (Å²) in [6, 6.07) is 8.36. The summed E-state index contributed by atoms with van der Waals surface area (Å²) >= 11 is 1.68. The zero-order valence-corrected chi connectivity index (χ0v) is 17.7. The van der Waals surface area contributed by atoms with Gasteiger partial charge in [0.15, 0.2) is 0 Å². The molecular weight excluding hydrogens is 398 g/mol. The maximum Gasteiger partial charge on any atom is 0.243 e. The first kappa shape index (κ1) is 20.9. The lowest BCUT2D eigenvalue weighted by atomic mass is 10.3. The number of hydrogen-bond donors (Lipinski definition) is 1. The van der Waals surface area contributed by atoms with Gasteiger partial charge in [-0.3, -0.25) is 9.69 Å². The third-order valence-electron chi connectivity index (χ3n) is 4.54. The van der Waals surface area contributed by atoms with E-state index in [0.717, 1.165) is 0 Å². The van der Waals surface area contributed by atoms with E-state index in [2.05, 4.69) is 18.3 Å². The second-order valence-corrected chi connectivity index (χ2v) is 9.73. The van der Waals surface area contributed by atoms with E-state index in [0.29, 0.717) is 38.5 Å². The lowest BCUT2D eigenvalue weighted by Gasteiger charge is -2.26. The maximum absolute atomic E-state index is 12.6. The van der Waals surface area contributed by atoms with Crippen molar-refractivity contribution < 1.29 is 17.9 Å². The van der Waals surface area contributed by atoms with Crippen LogP contribution >= 0.6 is 11.3 Å². The second-order valence-electron chi connectivity index (χ2n) is 6.79. The molecule has 0 aliphatic carbocycles. The standard InChI is InChI=1S/C19H25N3O4S2/c1-15-7-12-27-18(15)13-21(2)14-19(23)20-16-3-5-17(6-4-16)28(24,25)22-8-10-26-11-9-22/h3-7,12H,8-11,13-14H2,1-2H3,(H,20,23). The molecule has 1 saturated heterocycles. The van der Waals surface area contributed by atoms with Crippen LogP contribution in [0.4, 0.5) is 5.69 Å². The number of nitrogens with zero attached hydrogens (tertiary/aromatic N) is 2. The highest BCUT2D eigenvalue weighted by Gasteiger charge is 2.26. The highest BCUT2D eigenvalue weighted by atomic mass is 32.2. The first-order chi connectivity index (χ1) is 13.4. The minimum Gasteiger partial charge on any atom is -0.379 e. The van der Waals surface area contributed by atoms with Gasteiger partial charge in [0.1, 0.15) is 0 Å². The van der Waals surface area contributed by atoms with Crippen LogP contribution in [0.5, 0.6) is 0 Å². The van der Waals surface area contributed by atoms with Gasteiger partial charge in [0.25, 0.3) is 0 Å². The Balaban J connectivity index is 1.56. The molecule has 0 radical (unpaired) electrons. The van der Waals surface area contributed by atoms with Gasteiger partial charge < -0.3 is 10.1 Å². The molecule has 1 aromatic carbocycles. The summed E-state index contributed by atoms with van der Waals surface area (Å²) in [5.41, 5.74) is 1.81. The van der Waals surface area contributed by atoms with Gasteiger partial charge in [-0.1, -0.05) is 0 Å². The number of benzene rings is 1. The van der Waals surface area contributed by atoms with Gasteiger partial charge in [-0.2, -0.15) is 4.31 Å². The fraction of sp³-hybridized carbons (Fsp3) is 0.421. The molecule has 3 rings (SSSR count). The Morgan fingerprint density at radius 3 is 2.50 bits per heavy atom. The number of sulfonamides is 1. The molecule has 1 aliphatic rings. The summed E-state index contributed by atoms with van der Waals surface area (Å²) in [6.07, 6.45) is 0. The number of nitrogens with one attached hydrogen (secondary N) is 1. The maximum atomic E-state index is 12.6. The molecule has 1 fully saturated rings. The van der Waals surface area contributed by atoms with Crippen LogP contribution in [0.25, 0.3) is 0 Å². The van der Waals surface area contributed by atoms with Crippen LogP contribution in [0.15, 0.2) is 40.6 Å². The molecule has 1 aliphatic heterocycles. The monoisotopic (exact) mass is 423 g/mol. The average molecular weight is 424 g/mol. The van der Waals surface area contributed by atoms with Crippen molar-refractivity contribution in [1.29, 1.82) is 0 Å². The number of anilines is 1. The molecule has 9 heteroatoms. The van der Waals surface area contributed by atoms with Crippen LogP contribution in [0.2, 0.25) is 0 Å². The van der Waals surface area contributed by atoms with Gasteiger partial charge in [-0.05, 0) is 55.2 Å². The van der Waals surface area contributed by atoms with Crippen molar-refractivity contribution in [3.05, 3.63) is 46.2 Å². The first-order valence-corrected chi connectivity index (χ1v) is 11.4. The highest BCUT2D eigenvalue weighted by Crippen LogP contribution is 2.20. The second kappa shape index (κ2) is 9.15. The van der Waals surface area contributed by atoms with E-state index < -0.39 is 10.0 Å². The normalized spacial score (nSPS) is 15.7. The van der Waals surface area contributed by atoms with Crippen LogP contribution in [0.1, 0.15) is 10.4 Å². The summed E-state index contributed by atoms with van der Waals surface area (Å²) in [4.78, 5) is 15.7. The quantitative estimate of drug-likeness (QED) is 0.738. The molecule has 2 aromatic rings. The van der Waals surface area contributed by atoms with Crippen LogP contribution in [0.3, 0.4) is 0 Å². The van der Waals surface area contributed by atoms with E-state index >= 15 is 0 Å². The van der Waals surface area contributed by atoms with Gasteiger partial charge in [-0.25, -0.2) is 8.42 Å². The number of carbonyl (C=O) groups excluding carboxylic acids is 1. The van der Waals surface area contributed by atoms with E-state index in [4.69, 9.17) is 4.74 Å². The summed E-state index contributed by atoms with van der Waals surface area (Å²) in [7, 11) is -1.63. The topological polar surface area (TPSA) is 79.0 Å². The number of thiophene rings is 1. The molecule has 0 bridgehead atoms. The predicted octanol–water partition coefficient (Wildman–Crippen LogP) is 2.15. The lowest BCUT2D eigenvalue weighted by molar-refractivity contribution is -0.117. The largest absolute Gasteiger partial charge is 0.379 e. The summed E-state index contributed by atoms with van der Waals surface area (Å²) < 4.78 is 31.9. The van der Waals surface area contributed by atoms with Gasteiger partial charge >= 0.3 is 0 Å². The lowest BCUT2D eigenvalue weighted by Crippen LogP contribution is -2.40. The molecule has 0 saturated carbocycles. The molecule has 0 atom stereocenters. The van der Waals surface area contributed by atoms with Crippen molar-refractivity contribution in [1.82, 2.24) is 9.21 Å². The molecule has 7 nitrogen and oxygen atoms in total. The van der Waals surface area contributed by atoms with Gasteiger partial charge in [0.05, 0.1) is 24.7 Å². The van der Waals surface area contributed by atoms with E-state index in [1.807, 2.05) is 17.3 Å². The number of ether oxygens (including phenoxy) is 1. The Hall–Kier alpha value is -1.78.